The Morgan fingerprint density at radius 2 is 0.550 bits per heavy atom. The van der Waals surface area contributed by atoms with Gasteiger partial charge in [-0.2, -0.15) is 8.42 Å². The second kappa shape index (κ2) is 124. The maximum Gasteiger partial charge on any atom is 1.00 e. The van der Waals surface area contributed by atoms with Crippen molar-refractivity contribution < 1.29 is 167 Å². The monoisotopic (exact) mass is 408 g/mol. The molecule has 20 heavy (non-hydrogen) atoms. The molecule has 0 aromatic carbocycles. The van der Waals surface area contributed by atoms with Gasteiger partial charge in [-0.3, -0.25) is 9.11 Å². The molecule has 0 heterocycles. The summed E-state index contributed by atoms with van der Waals surface area (Å²) in [4.78, 5) is 0. The van der Waals surface area contributed by atoms with Gasteiger partial charge in [-0.15, -0.1) is 0 Å². The van der Waals surface area contributed by atoms with E-state index in [4.69, 9.17) is 17.5 Å². The van der Waals surface area contributed by atoms with Crippen molar-refractivity contribution in [2.45, 2.75) is 0 Å². The maximum atomic E-state index is 8.74. The minimum atomic E-state index is -4.67. The van der Waals surface area contributed by atoms with Crippen molar-refractivity contribution in [3.63, 3.8) is 0 Å². The van der Waals surface area contributed by atoms with Crippen molar-refractivity contribution >= 4 is 27.8 Å². The molecule has 0 aromatic rings. The van der Waals surface area contributed by atoms with E-state index in [-0.39, 0.29) is 167 Å². The molecule has 0 saturated carbocycles. The molecule has 0 aliphatic carbocycles. The second-order valence-corrected chi connectivity index (χ2v) is 1.34. The summed E-state index contributed by atoms with van der Waals surface area (Å²) >= 11 is 0. The molecule has 16 nitrogen and oxygen atoms in total. The number of hydrogen-bond acceptors (Lipinski definition) is 2. The maximum absolute atomic E-state index is 8.74. The fraction of sp³-hybridized carbons (Fsp3) is 0. The van der Waals surface area contributed by atoms with Gasteiger partial charge in [-0.05, 0) is 0 Å². The molecule has 0 aliphatic heterocycles. The average molecular weight is 408 g/mol. The van der Waals surface area contributed by atoms with Gasteiger partial charge in [0, 0.05) is 0 Å². The SMILES string of the molecule is O.O.O.O.O.O.O.O.O.O.O.O.O=S(=O)(O)O.[AlH3].[H-].[H-].[K+].[Na+]. The first kappa shape index (κ1) is 244. The van der Waals surface area contributed by atoms with Crippen LogP contribution in [0.4, 0.5) is 0 Å². The van der Waals surface area contributed by atoms with Crippen LogP contribution in [0.25, 0.3) is 0 Å². The Balaban J connectivity index is -0.000000000588. The van der Waals surface area contributed by atoms with E-state index in [1.165, 1.54) is 0 Å². The zero-order valence-electron chi connectivity index (χ0n) is 12.1. The molecule has 0 aliphatic rings. The molecule has 0 atom stereocenters. The average Bonchev–Trinajstić information content (AvgIpc) is 0.722. The van der Waals surface area contributed by atoms with E-state index in [9.17, 15) is 0 Å². The summed E-state index contributed by atoms with van der Waals surface area (Å²) in [7, 11) is -4.67. The van der Waals surface area contributed by atoms with Gasteiger partial charge >= 0.3 is 91.3 Å². The molecule has 138 valence electrons. The van der Waals surface area contributed by atoms with Gasteiger partial charge in [-0.1, -0.05) is 0 Å². The van der Waals surface area contributed by atoms with E-state index >= 15 is 0 Å². The van der Waals surface area contributed by atoms with Gasteiger partial charge in [0.2, 0.25) is 0 Å². The van der Waals surface area contributed by atoms with Crippen molar-refractivity contribution in [2.75, 3.05) is 0 Å². The molecule has 0 fully saturated rings. The summed E-state index contributed by atoms with van der Waals surface area (Å²) in [5, 5.41) is 0. The van der Waals surface area contributed by atoms with Crippen LogP contribution in [0.2, 0.25) is 0 Å². The van der Waals surface area contributed by atoms with Gasteiger partial charge < -0.3 is 68.6 Å². The Bertz CT molecular complexity index is 115. The predicted octanol–water partition coefficient (Wildman–Crippen LogP) is -17.5. The first-order chi connectivity index (χ1) is 2.00. The standard InChI is InChI=1S/Al.K.Na.H2O4S.12H2O.5H/c;;;1-5(2,3)4;;;;;;;;;;;;;;;;;/h;;;(H2,1,2,3,4);12*1H2;;;;;/q;2*+1;;;;;;;;;;;;;;;;;2*-1. The summed E-state index contributed by atoms with van der Waals surface area (Å²) < 4.78 is 31.6. The first-order valence-electron chi connectivity index (χ1n) is 0.698. The van der Waals surface area contributed by atoms with Crippen molar-refractivity contribution in [3.05, 3.63) is 0 Å². The van der Waals surface area contributed by atoms with Crippen molar-refractivity contribution in [3.8, 4) is 0 Å². The van der Waals surface area contributed by atoms with Crippen LogP contribution < -0.4 is 80.9 Å². The van der Waals surface area contributed by atoms with Crippen molar-refractivity contribution in [1.29, 1.82) is 0 Å². The van der Waals surface area contributed by atoms with Crippen LogP contribution in [-0.4, -0.2) is 101 Å². The van der Waals surface area contributed by atoms with Gasteiger partial charge in [0.25, 0.3) is 0 Å². The predicted molar refractivity (Wildman–Crippen MR) is 69.7 cm³/mol. The van der Waals surface area contributed by atoms with E-state index in [2.05, 4.69) is 0 Å². The molecule has 0 saturated heterocycles. The van der Waals surface area contributed by atoms with Crippen LogP contribution in [0.15, 0.2) is 0 Å². The van der Waals surface area contributed by atoms with Crippen LogP contribution in [-0.2, 0) is 10.4 Å². The molecule has 0 spiro atoms. The Morgan fingerprint density at radius 3 is 0.550 bits per heavy atom. The Hall–Kier alpha value is 2.56. The molecular formula is H31AlKNaO16S. The van der Waals surface area contributed by atoms with Crippen LogP contribution in [0.5, 0.6) is 0 Å². The summed E-state index contributed by atoms with van der Waals surface area (Å²) in [6.07, 6.45) is 0. The van der Waals surface area contributed by atoms with Crippen LogP contribution >= 0.6 is 0 Å². The van der Waals surface area contributed by atoms with Crippen molar-refractivity contribution in [1.82, 2.24) is 0 Å². The summed E-state index contributed by atoms with van der Waals surface area (Å²) in [6, 6.07) is 0. The molecule has 26 N–H and O–H groups in total. The van der Waals surface area contributed by atoms with E-state index < -0.39 is 10.4 Å². The topological polar surface area (TPSA) is 453 Å². The second-order valence-electron chi connectivity index (χ2n) is 0.448. The van der Waals surface area contributed by atoms with E-state index in [0.717, 1.165) is 0 Å². The van der Waals surface area contributed by atoms with Crippen molar-refractivity contribution in [2.24, 2.45) is 0 Å². The zero-order valence-corrected chi connectivity index (χ0v) is 16.1. The number of hydrogen-bond donors (Lipinski definition) is 2. The third-order valence-electron chi connectivity index (χ3n) is 0. The van der Waals surface area contributed by atoms with E-state index in [0.29, 0.717) is 0 Å². The molecule has 0 unspecified atom stereocenters. The van der Waals surface area contributed by atoms with E-state index in [1.807, 2.05) is 0 Å². The molecule has 20 heteroatoms. The molecular weight excluding hydrogens is 377 g/mol. The molecule has 0 amide bonds. The third kappa shape index (κ3) is 1200. The third-order valence-corrected chi connectivity index (χ3v) is 0. The summed E-state index contributed by atoms with van der Waals surface area (Å²) in [6.45, 7) is 0. The molecule has 0 bridgehead atoms. The Kier molecular flexibility index (Phi) is 1520. The van der Waals surface area contributed by atoms with Gasteiger partial charge in [0.05, 0.1) is 0 Å². The van der Waals surface area contributed by atoms with Crippen LogP contribution in [0.1, 0.15) is 2.85 Å². The molecule has 0 radical (unpaired) electrons. The fourth-order valence-electron chi connectivity index (χ4n) is 0. The van der Waals surface area contributed by atoms with Gasteiger partial charge in [0.1, 0.15) is 0 Å². The normalized spacial score (nSPS) is 2.90. The molecule has 0 rings (SSSR count). The minimum Gasteiger partial charge on any atom is -1.00 e. The zero-order chi connectivity index (χ0) is 4.50. The molecule has 0 aromatic heterocycles. The minimum absolute atomic E-state index is 0. The largest absolute Gasteiger partial charge is 1.00 e. The van der Waals surface area contributed by atoms with Gasteiger partial charge in [0.15, 0.2) is 17.4 Å². The fourth-order valence-corrected chi connectivity index (χ4v) is 0. The number of rotatable bonds is 0. The Morgan fingerprint density at radius 1 is 0.550 bits per heavy atom. The summed E-state index contributed by atoms with van der Waals surface area (Å²) in [5.74, 6) is 0. The smallest absolute Gasteiger partial charge is 1.00 e. The van der Waals surface area contributed by atoms with E-state index in [1.54, 1.807) is 0 Å². The first-order valence-corrected chi connectivity index (χ1v) is 2.10. The Labute approximate surface area is 192 Å². The van der Waals surface area contributed by atoms with Crippen LogP contribution in [0, 0.1) is 0 Å². The summed E-state index contributed by atoms with van der Waals surface area (Å²) in [5.41, 5.74) is 0. The van der Waals surface area contributed by atoms with Gasteiger partial charge in [-0.25, -0.2) is 0 Å². The quantitative estimate of drug-likeness (QED) is 0.291. The van der Waals surface area contributed by atoms with Crippen LogP contribution in [0.3, 0.4) is 0 Å².